The number of nitro groups is 1. The van der Waals surface area contributed by atoms with Gasteiger partial charge in [0.15, 0.2) is 5.78 Å². The molecule has 8 heteroatoms. The SMILES string of the molecule is Cn1c(Nc2ccccc2C(=O)c2ccccc2)nnc1[N+](=O)[O-]. The standard InChI is InChI=1S/C16H13N5O3/c1-20-15(18-19-16(20)21(23)24)17-13-10-6-5-9-12(13)14(22)11-7-3-2-4-8-11/h2-10H,1H3,(H,17,18). The Labute approximate surface area is 136 Å². The quantitative estimate of drug-likeness (QED) is 0.440. The van der Waals surface area contributed by atoms with E-state index in [0.717, 1.165) is 0 Å². The van der Waals surface area contributed by atoms with Crippen LogP contribution in [-0.4, -0.2) is 25.5 Å². The summed E-state index contributed by atoms with van der Waals surface area (Å²) in [6.07, 6.45) is 0. The molecule has 0 fully saturated rings. The summed E-state index contributed by atoms with van der Waals surface area (Å²) in [4.78, 5) is 22.9. The number of ketones is 1. The van der Waals surface area contributed by atoms with E-state index in [9.17, 15) is 14.9 Å². The van der Waals surface area contributed by atoms with Gasteiger partial charge in [-0.15, -0.1) is 0 Å². The molecular weight excluding hydrogens is 310 g/mol. The summed E-state index contributed by atoms with van der Waals surface area (Å²) in [5.41, 5.74) is 1.49. The zero-order valence-corrected chi connectivity index (χ0v) is 12.7. The first-order chi connectivity index (χ1) is 11.6. The Kier molecular flexibility index (Phi) is 4.02. The number of anilines is 2. The van der Waals surface area contributed by atoms with E-state index in [-0.39, 0.29) is 17.7 Å². The lowest BCUT2D eigenvalue weighted by Crippen LogP contribution is -2.08. The minimum atomic E-state index is -0.626. The van der Waals surface area contributed by atoms with Crippen molar-refractivity contribution in [1.29, 1.82) is 0 Å². The van der Waals surface area contributed by atoms with Gasteiger partial charge >= 0.3 is 11.9 Å². The van der Waals surface area contributed by atoms with Crippen LogP contribution in [-0.2, 0) is 7.05 Å². The van der Waals surface area contributed by atoms with E-state index in [4.69, 9.17) is 0 Å². The van der Waals surface area contributed by atoms with E-state index in [2.05, 4.69) is 15.5 Å². The van der Waals surface area contributed by atoms with Crippen molar-refractivity contribution in [3.05, 3.63) is 75.8 Å². The van der Waals surface area contributed by atoms with Crippen LogP contribution in [0, 0.1) is 10.1 Å². The Morgan fingerprint density at radius 2 is 1.75 bits per heavy atom. The normalized spacial score (nSPS) is 10.4. The lowest BCUT2D eigenvalue weighted by Gasteiger charge is -2.09. The maximum Gasteiger partial charge on any atom is 0.459 e. The van der Waals surface area contributed by atoms with Gasteiger partial charge in [-0.25, -0.2) is 0 Å². The van der Waals surface area contributed by atoms with Crippen LogP contribution in [0.1, 0.15) is 15.9 Å². The number of carbonyl (C=O) groups is 1. The van der Waals surface area contributed by atoms with E-state index in [1.54, 1.807) is 48.5 Å². The summed E-state index contributed by atoms with van der Waals surface area (Å²) >= 11 is 0. The topological polar surface area (TPSA) is 103 Å². The maximum atomic E-state index is 12.7. The molecule has 0 unspecified atom stereocenters. The van der Waals surface area contributed by atoms with Crippen LogP contribution in [0.25, 0.3) is 0 Å². The largest absolute Gasteiger partial charge is 0.459 e. The number of hydrogen-bond acceptors (Lipinski definition) is 6. The highest BCUT2D eigenvalue weighted by molar-refractivity contribution is 6.12. The number of aromatic nitrogens is 3. The van der Waals surface area contributed by atoms with Gasteiger partial charge in [0, 0.05) is 11.1 Å². The first-order valence-electron chi connectivity index (χ1n) is 7.07. The van der Waals surface area contributed by atoms with Crippen LogP contribution in [0.15, 0.2) is 54.6 Å². The fraction of sp³-hybridized carbons (Fsp3) is 0.0625. The summed E-state index contributed by atoms with van der Waals surface area (Å²) < 4.78 is 1.21. The number of carbonyl (C=O) groups excluding carboxylic acids is 1. The average molecular weight is 323 g/mol. The van der Waals surface area contributed by atoms with Gasteiger partial charge in [-0.2, -0.15) is 4.57 Å². The summed E-state index contributed by atoms with van der Waals surface area (Å²) in [5, 5.41) is 21.0. The molecule has 0 bridgehead atoms. The number of nitrogens with one attached hydrogen (secondary N) is 1. The summed E-state index contributed by atoms with van der Waals surface area (Å²) in [6.45, 7) is 0. The zero-order chi connectivity index (χ0) is 17.1. The molecule has 1 heterocycles. The van der Waals surface area contributed by atoms with Crippen molar-refractivity contribution in [3.63, 3.8) is 0 Å². The second-order valence-electron chi connectivity index (χ2n) is 5.01. The molecule has 0 saturated heterocycles. The number of rotatable bonds is 5. The molecule has 0 aliphatic rings. The molecule has 1 N–H and O–H groups in total. The molecule has 0 amide bonds. The summed E-state index contributed by atoms with van der Waals surface area (Å²) in [5.74, 6) is -0.366. The molecular formula is C16H13N5O3. The predicted octanol–water partition coefficient (Wildman–Crippen LogP) is 2.70. The third kappa shape index (κ3) is 2.84. The number of hydrogen-bond donors (Lipinski definition) is 1. The van der Waals surface area contributed by atoms with Gasteiger partial charge in [0.2, 0.25) is 0 Å². The van der Waals surface area contributed by atoms with Crippen LogP contribution in [0.5, 0.6) is 0 Å². The first kappa shape index (κ1) is 15.3. The molecule has 120 valence electrons. The maximum absolute atomic E-state index is 12.7. The smallest absolute Gasteiger partial charge is 0.390 e. The molecule has 0 saturated carbocycles. The third-order valence-electron chi connectivity index (χ3n) is 3.47. The molecule has 3 aromatic rings. The number of para-hydroxylation sites is 1. The van der Waals surface area contributed by atoms with E-state index in [1.165, 1.54) is 11.6 Å². The summed E-state index contributed by atoms with van der Waals surface area (Å²) in [7, 11) is 1.47. The predicted molar refractivity (Wildman–Crippen MR) is 87.3 cm³/mol. The second kappa shape index (κ2) is 6.29. The fourth-order valence-electron chi connectivity index (χ4n) is 2.24. The van der Waals surface area contributed by atoms with E-state index >= 15 is 0 Å². The highest BCUT2D eigenvalue weighted by atomic mass is 16.6. The van der Waals surface area contributed by atoms with Gasteiger partial charge in [0.1, 0.15) is 0 Å². The Morgan fingerprint density at radius 1 is 1.08 bits per heavy atom. The number of nitrogens with zero attached hydrogens (tertiary/aromatic N) is 4. The van der Waals surface area contributed by atoms with Crippen LogP contribution in [0.2, 0.25) is 0 Å². The average Bonchev–Trinajstić information content (AvgIpc) is 2.96. The molecule has 1 aromatic heterocycles. The Morgan fingerprint density at radius 3 is 2.42 bits per heavy atom. The van der Waals surface area contributed by atoms with E-state index in [1.807, 2.05) is 6.07 Å². The first-order valence-corrected chi connectivity index (χ1v) is 7.07. The highest BCUT2D eigenvalue weighted by Crippen LogP contribution is 2.23. The summed E-state index contributed by atoms with van der Waals surface area (Å²) in [6, 6.07) is 15.8. The Hall–Kier alpha value is -3.55. The zero-order valence-electron chi connectivity index (χ0n) is 12.7. The third-order valence-corrected chi connectivity index (χ3v) is 3.47. The van der Waals surface area contributed by atoms with Crippen molar-refractivity contribution < 1.29 is 9.72 Å². The van der Waals surface area contributed by atoms with Crippen molar-refractivity contribution in [2.45, 2.75) is 0 Å². The molecule has 3 rings (SSSR count). The van der Waals surface area contributed by atoms with Crippen LogP contribution in [0.3, 0.4) is 0 Å². The Bertz CT molecular complexity index is 905. The minimum absolute atomic E-state index is 0.157. The van der Waals surface area contributed by atoms with Gasteiger partial charge in [0.25, 0.3) is 0 Å². The van der Waals surface area contributed by atoms with Crippen molar-refractivity contribution >= 4 is 23.4 Å². The molecule has 0 aliphatic heterocycles. The molecule has 0 spiro atoms. The van der Waals surface area contributed by atoms with Gasteiger partial charge in [-0.3, -0.25) is 4.79 Å². The van der Waals surface area contributed by atoms with Crippen molar-refractivity contribution in [2.24, 2.45) is 7.05 Å². The van der Waals surface area contributed by atoms with Crippen LogP contribution < -0.4 is 5.32 Å². The monoisotopic (exact) mass is 323 g/mol. The van der Waals surface area contributed by atoms with E-state index < -0.39 is 4.92 Å². The van der Waals surface area contributed by atoms with Crippen LogP contribution in [0.4, 0.5) is 17.6 Å². The van der Waals surface area contributed by atoms with Crippen LogP contribution >= 0.6 is 0 Å². The van der Waals surface area contributed by atoms with Gasteiger partial charge in [-0.05, 0) is 22.2 Å². The lowest BCUT2D eigenvalue weighted by molar-refractivity contribution is -0.396. The molecule has 2 aromatic carbocycles. The fourth-order valence-corrected chi connectivity index (χ4v) is 2.24. The van der Waals surface area contributed by atoms with E-state index in [0.29, 0.717) is 16.8 Å². The Balaban J connectivity index is 1.96. The van der Waals surface area contributed by atoms with Gasteiger partial charge in [-0.1, -0.05) is 42.5 Å². The lowest BCUT2D eigenvalue weighted by atomic mass is 10.0. The molecule has 8 nitrogen and oxygen atoms in total. The number of benzene rings is 2. The van der Waals surface area contributed by atoms with Gasteiger partial charge < -0.3 is 15.4 Å². The van der Waals surface area contributed by atoms with Crippen molar-refractivity contribution in [1.82, 2.24) is 14.8 Å². The molecule has 24 heavy (non-hydrogen) atoms. The molecule has 0 atom stereocenters. The molecule has 0 radical (unpaired) electrons. The van der Waals surface area contributed by atoms with Crippen molar-refractivity contribution in [3.8, 4) is 0 Å². The van der Waals surface area contributed by atoms with Crippen molar-refractivity contribution in [2.75, 3.05) is 5.32 Å². The molecule has 0 aliphatic carbocycles. The second-order valence-corrected chi connectivity index (χ2v) is 5.01. The highest BCUT2D eigenvalue weighted by Gasteiger charge is 2.21. The minimum Gasteiger partial charge on any atom is -0.390 e. The van der Waals surface area contributed by atoms with Gasteiger partial charge in [0.05, 0.1) is 17.8 Å².